The van der Waals surface area contributed by atoms with E-state index in [-0.39, 0.29) is 5.56 Å². The number of para-hydroxylation sites is 1. The fraction of sp³-hybridized carbons (Fsp3) is 0.556. The number of rotatable bonds is 19. The summed E-state index contributed by atoms with van der Waals surface area (Å²) in [6.45, 7) is 5.37. The number of nitrogens with zero attached hydrogens (tertiary/aromatic N) is 4. The van der Waals surface area contributed by atoms with Crippen LogP contribution in [-0.4, -0.2) is 36.2 Å². The first-order chi connectivity index (χ1) is 19.8. The maximum atomic E-state index is 13.1. The minimum atomic E-state index is -0.102. The Balaban J connectivity index is 1.39. The second-order valence-corrected chi connectivity index (χ2v) is 12.3. The lowest BCUT2D eigenvalue weighted by Gasteiger charge is -2.29. The van der Waals surface area contributed by atoms with Crippen molar-refractivity contribution in [1.29, 1.82) is 0 Å². The van der Waals surface area contributed by atoms with Crippen LogP contribution in [0.3, 0.4) is 0 Å². The summed E-state index contributed by atoms with van der Waals surface area (Å²) in [7, 11) is 6.49. The molecule has 0 atom stereocenters. The van der Waals surface area contributed by atoms with E-state index in [1.807, 2.05) is 49.0 Å². The van der Waals surface area contributed by atoms with Gasteiger partial charge in [0.1, 0.15) is 5.69 Å². The Morgan fingerprint density at radius 3 is 1.78 bits per heavy atom. The van der Waals surface area contributed by atoms with E-state index in [9.17, 15) is 4.79 Å². The summed E-state index contributed by atoms with van der Waals surface area (Å²) in [6, 6.07) is 18.3. The van der Waals surface area contributed by atoms with Gasteiger partial charge in [-0.25, -0.2) is 9.67 Å². The fourth-order valence-corrected chi connectivity index (χ4v) is 5.64. The third-order valence-corrected chi connectivity index (χ3v) is 8.53. The Morgan fingerprint density at radius 1 is 0.732 bits per heavy atom. The monoisotopic (exact) mass is 559 g/mol. The highest BCUT2D eigenvalue weighted by Crippen LogP contribution is 2.22. The summed E-state index contributed by atoms with van der Waals surface area (Å²) in [6.07, 6.45) is 21.3. The summed E-state index contributed by atoms with van der Waals surface area (Å²) in [5.41, 5.74) is 4.37. The van der Waals surface area contributed by atoms with Gasteiger partial charge in [0.2, 0.25) is 0 Å². The first-order valence-electron chi connectivity index (χ1n) is 16.2. The van der Waals surface area contributed by atoms with E-state index in [0.717, 1.165) is 28.0 Å². The minimum Gasteiger partial charge on any atom is -0.296 e. The van der Waals surface area contributed by atoms with E-state index in [4.69, 9.17) is 0 Å². The van der Waals surface area contributed by atoms with E-state index in [0.29, 0.717) is 5.69 Å². The molecule has 0 aliphatic rings. The van der Waals surface area contributed by atoms with E-state index in [1.54, 1.807) is 10.9 Å². The van der Waals surface area contributed by atoms with E-state index < -0.39 is 0 Å². The molecular weight excluding hydrogens is 504 g/mol. The molecule has 2 aromatic carbocycles. The van der Waals surface area contributed by atoms with Crippen LogP contribution in [0.25, 0.3) is 5.69 Å². The van der Waals surface area contributed by atoms with Crippen molar-refractivity contribution < 1.29 is 0 Å². The van der Waals surface area contributed by atoms with Crippen molar-refractivity contribution in [2.24, 2.45) is 12.0 Å². The molecule has 0 unspecified atom stereocenters. The van der Waals surface area contributed by atoms with Crippen molar-refractivity contribution in [3.8, 4) is 5.69 Å². The highest BCUT2D eigenvalue weighted by molar-refractivity contribution is 5.82. The molecule has 0 amide bonds. The highest BCUT2D eigenvalue weighted by Gasteiger charge is 2.18. The van der Waals surface area contributed by atoms with Gasteiger partial charge in [-0.2, -0.15) is 0 Å². The molecular formula is C36H55N4O+. The van der Waals surface area contributed by atoms with Crippen LogP contribution in [-0.2, 0) is 7.05 Å². The normalized spacial score (nSPS) is 12.0. The van der Waals surface area contributed by atoms with Crippen molar-refractivity contribution in [2.45, 2.75) is 104 Å². The molecule has 224 valence electrons. The molecule has 3 aromatic rings. The lowest BCUT2D eigenvalue weighted by atomic mass is 10.0. The lowest BCUT2D eigenvalue weighted by molar-refractivity contribution is 0.380. The number of benzene rings is 2. The molecule has 0 spiro atoms. The molecule has 1 aromatic heterocycles. The van der Waals surface area contributed by atoms with Gasteiger partial charge in [0.25, 0.3) is 5.56 Å². The van der Waals surface area contributed by atoms with Gasteiger partial charge in [-0.15, -0.1) is 0 Å². The zero-order chi connectivity index (χ0) is 29.5. The third-order valence-electron chi connectivity index (χ3n) is 8.53. The molecule has 0 saturated carbocycles. The summed E-state index contributed by atoms with van der Waals surface area (Å²) in [5, 5.41) is 0. The second-order valence-electron chi connectivity index (χ2n) is 12.3. The zero-order valence-electron chi connectivity index (χ0n) is 26.6. The Labute approximate surface area is 249 Å². The first-order valence-corrected chi connectivity index (χ1v) is 16.2. The van der Waals surface area contributed by atoms with Gasteiger partial charge < -0.3 is 0 Å². The van der Waals surface area contributed by atoms with Gasteiger partial charge in [-0.3, -0.25) is 14.0 Å². The predicted molar refractivity (Wildman–Crippen MR) is 178 cm³/mol. The van der Waals surface area contributed by atoms with Crippen molar-refractivity contribution in [1.82, 2.24) is 13.8 Å². The predicted octanol–water partition coefficient (Wildman–Crippen LogP) is 9.28. The maximum absolute atomic E-state index is 13.1. The molecule has 0 N–H and O–H groups in total. The Hall–Kier alpha value is -2.92. The molecule has 0 bridgehead atoms. The maximum Gasteiger partial charge on any atom is 0.297 e. The Kier molecular flexibility index (Phi) is 13.6. The van der Waals surface area contributed by atoms with Gasteiger partial charge in [0, 0.05) is 13.3 Å². The third kappa shape index (κ3) is 10.1. The standard InChI is InChI=1S/C36H55N4O/c1-6-7-8-9-10-11-12-13-14-15-16-17-18-22-29-40(4,5)34-27-25-32(26-28-34)30-37-35-31(2)38(3)39(36(35)41)33-23-20-19-21-24-33/h19-21,23-28,30H,6-18,22,29H2,1-5H3/q+1. The van der Waals surface area contributed by atoms with Gasteiger partial charge >= 0.3 is 0 Å². The van der Waals surface area contributed by atoms with E-state index in [1.165, 1.54) is 95.6 Å². The fourth-order valence-electron chi connectivity index (χ4n) is 5.64. The average Bonchev–Trinajstić information content (AvgIpc) is 3.19. The molecule has 1 heterocycles. The molecule has 41 heavy (non-hydrogen) atoms. The highest BCUT2D eigenvalue weighted by atomic mass is 16.1. The van der Waals surface area contributed by atoms with Crippen LogP contribution in [0.2, 0.25) is 0 Å². The lowest BCUT2D eigenvalue weighted by Crippen LogP contribution is -2.41. The second kappa shape index (κ2) is 17.1. The largest absolute Gasteiger partial charge is 0.297 e. The summed E-state index contributed by atoms with van der Waals surface area (Å²) in [5.74, 6) is 0. The van der Waals surface area contributed by atoms with E-state index in [2.05, 4.69) is 50.3 Å². The van der Waals surface area contributed by atoms with Crippen molar-refractivity contribution in [3.05, 3.63) is 76.2 Å². The van der Waals surface area contributed by atoms with Crippen LogP contribution in [0.5, 0.6) is 0 Å². The number of hydrogen-bond donors (Lipinski definition) is 0. The minimum absolute atomic E-state index is 0.102. The Bertz CT molecular complexity index is 1240. The van der Waals surface area contributed by atoms with Crippen LogP contribution >= 0.6 is 0 Å². The number of aliphatic imine (C=N–C) groups is 1. The van der Waals surface area contributed by atoms with Gasteiger partial charge in [-0.1, -0.05) is 102 Å². The molecule has 0 radical (unpaired) electrons. The van der Waals surface area contributed by atoms with Crippen molar-refractivity contribution in [2.75, 3.05) is 20.6 Å². The van der Waals surface area contributed by atoms with Gasteiger partial charge in [-0.05, 0) is 61.7 Å². The summed E-state index contributed by atoms with van der Waals surface area (Å²) >= 11 is 0. The molecule has 0 fully saturated rings. The summed E-state index contributed by atoms with van der Waals surface area (Å²) < 4.78 is 4.42. The van der Waals surface area contributed by atoms with Crippen LogP contribution in [0.15, 0.2) is 64.4 Å². The van der Waals surface area contributed by atoms with Crippen LogP contribution in [0.1, 0.15) is 108 Å². The SMILES string of the molecule is CCCCCCCCCCCCCCCC[N+](C)(C)c1ccc(C=Nc2c(C)n(C)n(-c3ccccc3)c2=O)cc1. The van der Waals surface area contributed by atoms with Crippen LogP contribution in [0, 0.1) is 6.92 Å². The van der Waals surface area contributed by atoms with Crippen LogP contribution in [0.4, 0.5) is 11.4 Å². The van der Waals surface area contributed by atoms with Crippen molar-refractivity contribution in [3.63, 3.8) is 0 Å². The van der Waals surface area contributed by atoms with E-state index >= 15 is 0 Å². The number of aromatic nitrogens is 2. The molecule has 5 heteroatoms. The number of quaternary nitrogens is 1. The first kappa shape index (κ1) is 32.6. The number of hydrogen-bond acceptors (Lipinski definition) is 2. The van der Waals surface area contributed by atoms with Crippen molar-refractivity contribution >= 4 is 17.6 Å². The topological polar surface area (TPSA) is 39.3 Å². The van der Waals surface area contributed by atoms with Gasteiger partial charge in [0.05, 0.1) is 32.0 Å². The molecule has 0 aliphatic heterocycles. The summed E-state index contributed by atoms with van der Waals surface area (Å²) in [4.78, 5) is 17.7. The average molecular weight is 560 g/mol. The molecule has 0 saturated heterocycles. The molecule has 0 aliphatic carbocycles. The van der Waals surface area contributed by atoms with Crippen LogP contribution < -0.4 is 10.0 Å². The zero-order valence-corrected chi connectivity index (χ0v) is 26.6. The molecule has 3 rings (SSSR count). The molecule has 5 nitrogen and oxygen atoms in total. The Morgan fingerprint density at radius 2 is 1.24 bits per heavy atom. The number of unbranched alkanes of at least 4 members (excludes halogenated alkanes) is 13. The van der Waals surface area contributed by atoms with Gasteiger partial charge in [0.15, 0.2) is 5.69 Å². The quantitative estimate of drug-likeness (QED) is 0.0819. The smallest absolute Gasteiger partial charge is 0.296 e.